The van der Waals surface area contributed by atoms with Crippen LogP contribution in [0.25, 0.3) is 0 Å². The van der Waals surface area contributed by atoms with Crippen LogP contribution in [0.3, 0.4) is 0 Å². The number of nitrogens with zero attached hydrogens (tertiary/aromatic N) is 1. The molecule has 6 nitrogen and oxygen atoms in total. The Balaban J connectivity index is 1.86. The van der Waals surface area contributed by atoms with Crippen molar-refractivity contribution in [2.45, 2.75) is 50.9 Å². The summed E-state index contributed by atoms with van der Waals surface area (Å²) in [4.78, 5) is 14.7. The van der Waals surface area contributed by atoms with E-state index in [1.807, 2.05) is 0 Å². The van der Waals surface area contributed by atoms with Gasteiger partial charge in [0.1, 0.15) is 6.04 Å². The number of nitrogens with two attached hydrogens (primary N) is 1. The maximum atomic E-state index is 13.2. The molecule has 0 radical (unpaired) electrons. The molecule has 3 rings (SSSR count). The fourth-order valence-corrected chi connectivity index (χ4v) is 4.12. The quantitative estimate of drug-likeness (QED) is 0.571. The van der Waals surface area contributed by atoms with Gasteiger partial charge in [0.25, 0.3) is 5.91 Å². The lowest BCUT2D eigenvalue weighted by molar-refractivity contribution is -0.155. The number of carbonyl (C=O) groups excluding carboxylic acids is 1. The smallest absolute Gasteiger partial charge is 0.397 e. The molecule has 1 heterocycles. The first-order chi connectivity index (χ1) is 13.7. The molecule has 9 heteroatoms. The summed E-state index contributed by atoms with van der Waals surface area (Å²) in [6.45, 7) is 2.51. The molecule has 1 aromatic rings. The van der Waals surface area contributed by atoms with Gasteiger partial charge in [-0.1, -0.05) is 6.92 Å². The molecule has 0 bridgehead atoms. The van der Waals surface area contributed by atoms with E-state index >= 15 is 0 Å². The van der Waals surface area contributed by atoms with Crippen molar-refractivity contribution in [2.24, 2.45) is 5.92 Å². The van der Waals surface area contributed by atoms with Crippen LogP contribution in [-0.4, -0.2) is 50.8 Å². The van der Waals surface area contributed by atoms with Gasteiger partial charge in [-0.25, -0.2) is 0 Å². The highest BCUT2D eigenvalue weighted by Gasteiger charge is 2.42. The van der Waals surface area contributed by atoms with Crippen molar-refractivity contribution in [3.63, 3.8) is 0 Å². The van der Waals surface area contributed by atoms with Crippen LogP contribution in [-0.2, 0) is 0 Å². The van der Waals surface area contributed by atoms with Gasteiger partial charge in [0.15, 0.2) is 0 Å². The maximum absolute atomic E-state index is 13.2. The number of nitrogens with one attached hydrogen (secondary N) is 3. The van der Waals surface area contributed by atoms with E-state index in [0.29, 0.717) is 35.1 Å². The van der Waals surface area contributed by atoms with E-state index in [4.69, 9.17) is 5.73 Å². The Labute approximate surface area is 169 Å². The van der Waals surface area contributed by atoms with Crippen molar-refractivity contribution in [2.75, 3.05) is 42.6 Å². The molecule has 2 fully saturated rings. The summed E-state index contributed by atoms with van der Waals surface area (Å²) in [6, 6.07) is 1.68. The molecule has 162 valence electrons. The van der Waals surface area contributed by atoms with E-state index in [-0.39, 0.29) is 25.0 Å². The van der Waals surface area contributed by atoms with Crippen LogP contribution in [0.2, 0.25) is 0 Å². The summed E-state index contributed by atoms with van der Waals surface area (Å²) < 4.78 is 39.7. The molecule has 1 unspecified atom stereocenters. The minimum Gasteiger partial charge on any atom is -0.397 e. The zero-order valence-electron chi connectivity index (χ0n) is 16.9. The molecular formula is C20H30F3N5O. The van der Waals surface area contributed by atoms with Crippen molar-refractivity contribution in [3.8, 4) is 0 Å². The predicted molar refractivity (Wildman–Crippen MR) is 109 cm³/mol. The van der Waals surface area contributed by atoms with Gasteiger partial charge in [0.2, 0.25) is 0 Å². The van der Waals surface area contributed by atoms with Gasteiger partial charge in [-0.15, -0.1) is 0 Å². The molecule has 1 aliphatic heterocycles. The minimum atomic E-state index is -4.35. The predicted octanol–water partition coefficient (Wildman–Crippen LogP) is 2.96. The third-order valence-corrected chi connectivity index (χ3v) is 5.94. The number of carbonyl (C=O) groups is 1. The molecule has 0 spiro atoms. The standard InChI is InChI=1S/C20H30F3N5O/c1-12-3-5-13(6-4-12)27-19(29)14-9-15(24)16(25-2)10-17(14)28-8-7-26-18(11-28)20(21,22)23/h9-10,12-13,18,25-26H,3-8,11,24H2,1-2H3,(H,27,29)/t12-,13-,18?. The third kappa shape index (κ3) is 5.07. The van der Waals surface area contributed by atoms with Gasteiger partial charge in [0.05, 0.1) is 22.6 Å². The fraction of sp³-hybridized carbons (Fsp3) is 0.650. The summed E-state index contributed by atoms with van der Waals surface area (Å²) >= 11 is 0. The highest BCUT2D eigenvalue weighted by Crippen LogP contribution is 2.33. The molecule has 5 N–H and O–H groups in total. The van der Waals surface area contributed by atoms with E-state index in [9.17, 15) is 18.0 Å². The number of rotatable bonds is 4. The summed E-state index contributed by atoms with van der Waals surface area (Å²) in [5, 5.41) is 8.52. The second-order valence-electron chi connectivity index (χ2n) is 8.13. The molecule has 1 amide bonds. The summed E-state index contributed by atoms with van der Waals surface area (Å²) in [6.07, 6.45) is -0.404. The number of alkyl halides is 3. The molecule has 2 aliphatic rings. The number of anilines is 3. The highest BCUT2D eigenvalue weighted by atomic mass is 19.4. The maximum Gasteiger partial charge on any atom is 0.405 e. The van der Waals surface area contributed by atoms with Crippen molar-refractivity contribution in [1.29, 1.82) is 0 Å². The van der Waals surface area contributed by atoms with Crippen molar-refractivity contribution in [3.05, 3.63) is 17.7 Å². The molecule has 1 saturated heterocycles. The number of amides is 1. The van der Waals surface area contributed by atoms with E-state index in [1.54, 1.807) is 24.1 Å². The number of benzene rings is 1. The number of hydrogen-bond acceptors (Lipinski definition) is 5. The third-order valence-electron chi connectivity index (χ3n) is 5.94. The average Bonchev–Trinajstić information content (AvgIpc) is 2.69. The van der Waals surface area contributed by atoms with Gasteiger partial charge >= 0.3 is 6.18 Å². The number of hydrogen-bond donors (Lipinski definition) is 4. The molecule has 1 aromatic carbocycles. The topological polar surface area (TPSA) is 82.4 Å². The highest BCUT2D eigenvalue weighted by molar-refractivity contribution is 6.02. The van der Waals surface area contributed by atoms with Gasteiger partial charge in [0, 0.05) is 32.7 Å². The monoisotopic (exact) mass is 413 g/mol. The van der Waals surface area contributed by atoms with Crippen LogP contribution in [0, 0.1) is 5.92 Å². The fourth-order valence-electron chi connectivity index (χ4n) is 4.12. The normalized spacial score (nSPS) is 25.6. The second-order valence-corrected chi connectivity index (χ2v) is 8.13. The summed E-state index contributed by atoms with van der Waals surface area (Å²) in [5.74, 6) is 0.375. The van der Waals surface area contributed by atoms with E-state index in [1.165, 1.54) is 0 Å². The lowest BCUT2D eigenvalue weighted by Gasteiger charge is -2.37. The molecule has 1 atom stereocenters. The van der Waals surface area contributed by atoms with E-state index in [0.717, 1.165) is 25.7 Å². The first-order valence-corrected chi connectivity index (χ1v) is 10.2. The average molecular weight is 413 g/mol. The second kappa shape index (κ2) is 8.69. The minimum absolute atomic E-state index is 0.0858. The SMILES string of the molecule is CNc1cc(N2CCNC(C(F)(F)F)C2)c(C(=O)N[C@H]2CC[C@H](C)CC2)cc1N. The molecule has 29 heavy (non-hydrogen) atoms. The van der Waals surface area contributed by atoms with Crippen LogP contribution in [0.1, 0.15) is 43.0 Å². The molecule has 1 aliphatic carbocycles. The van der Waals surface area contributed by atoms with Crippen LogP contribution >= 0.6 is 0 Å². The number of nitrogen functional groups attached to an aromatic ring is 1. The van der Waals surface area contributed by atoms with Crippen LogP contribution in [0.4, 0.5) is 30.2 Å². The first kappa shape index (κ1) is 21.5. The first-order valence-electron chi connectivity index (χ1n) is 10.2. The Kier molecular flexibility index (Phi) is 6.45. The largest absolute Gasteiger partial charge is 0.405 e. The number of halogens is 3. The van der Waals surface area contributed by atoms with Gasteiger partial charge in [-0.3, -0.25) is 4.79 Å². The molecule has 1 saturated carbocycles. The van der Waals surface area contributed by atoms with Crippen LogP contribution in [0.15, 0.2) is 12.1 Å². The molecule has 0 aromatic heterocycles. The lowest BCUT2D eigenvalue weighted by Crippen LogP contribution is -2.57. The van der Waals surface area contributed by atoms with Crippen molar-refractivity contribution >= 4 is 23.0 Å². The zero-order valence-corrected chi connectivity index (χ0v) is 16.9. The Morgan fingerprint density at radius 2 is 1.93 bits per heavy atom. The van der Waals surface area contributed by atoms with Gasteiger partial charge in [-0.05, 0) is 43.7 Å². The summed E-state index contributed by atoms with van der Waals surface area (Å²) in [7, 11) is 1.69. The Hall–Kier alpha value is -2.16. The zero-order chi connectivity index (χ0) is 21.2. The number of piperazine rings is 1. The van der Waals surface area contributed by atoms with E-state index < -0.39 is 12.2 Å². The Bertz CT molecular complexity index is 732. The van der Waals surface area contributed by atoms with E-state index in [2.05, 4.69) is 22.9 Å². The molecular weight excluding hydrogens is 383 g/mol. The van der Waals surface area contributed by atoms with Crippen molar-refractivity contribution in [1.82, 2.24) is 10.6 Å². The Morgan fingerprint density at radius 1 is 1.24 bits per heavy atom. The lowest BCUT2D eigenvalue weighted by atomic mass is 9.87. The van der Waals surface area contributed by atoms with Gasteiger partial charge < -0.3 is 26.6 Å². The van der Waals surface area contributed by atoms with Crippen LogP contribution < -0.4 is 26.6 Å². The van der Waals surface area contributed by atoms with Crippen molar-refractivity contribution < 1.29 is 18.0 Å². The van der Waals surface area contributed by atoms with Gasteiger partial charge in [-0.2, -0.15) is 13.2 Å². The van der Waals surface area contributed by atoms with Crippen LogP contribution in [0.5, 0.6) is 0 Å². The summed E-state index contributed by atoms with van der Waals surface area (Å²) in [5.41, 5.74) is 7.84. The Morgan fingerprint density at radius 3 is 2.55 bits per heavy atom.